The van der Waals surface area contributed by atoms with Gasteiger partial charge in [-0.05, 0) is 62.0 Å². The minimum Gasteiger partial charge on any atom is -0.303 e. The van der Waals surface area contributed by atoms with E-state index in [1.807, 2.05) is 0 Å². The van der Waals surface area contributed by atoms with Gasteiger partial charge in [-0.1, -0.05) is 28.1 Å². The summed E-state index contributed by atoms with van der Waals surface area (Å²) in [6.07, 6.45) is 4.05. The molecule has 0 unspecified atom stereocenters. The van der Waals surface area contributed by atoms with Crippen molar-refractivity contribution in [3.63, 3.8) is 0 Å². The molecule has 2 bridgehead atoms. The number of hydrogen-bond donors (Lipinski definition) is 0. The summed E-state index contributed by atoms with van der Waals surface area (Å²) >= 11 is 3.58. The van der Waals surface area contributed by atoms with Crippen molar-refractivity contribution in [1.29, 1.82) is 0 Å². The van der Waals surface area contributed by atoms with Gasteiger partial charge in [0.1, 0.15) is 0 Å². The monoisotopic (exact) mass is 265 g/mol. The summed E-state index contributed by atoms with van der Waals surface area (Å²) in [5.41, 5.74) is 2.05. The maximum atomic E-state index is 3.58. The topological polar surface area (TPSA) is 3.24 Å². The van der Waals surface area contributed by atoms with E-state index in [-0.39, 0.29) is 0 Å². The first kappa shape index (κ1) is 9.86. The molecule has 3 aliphatic heterocycles. The van der Waals surface area contributed by atoms with Gasteiger partial charge in [0.15, 0.2) is 0 Å². The highest BCUT2D eigenvalue weighted by molar-refractivity contribution is 9.10. The molecule has 3 aliphatic rings. The molecule has 4 rings (SSSR count). The molecule has 1 nitrogen and oxygen atoms in total. The average molecular weight is 266 g/mol. The van der Waals surface area contributed by atoms with Crippen molar-refractivity contribution in [3.8, 4) is 0 Å². The molecule has 15 heavy (non-hydrogen) atoms. The van der Waals surface area contributed by atoms with Crippen LogP contribution in [0.15, 0.2) is 28.7 Å². The Kier molecular flexibility index (Phi) is 2.37. The van der Waals surface area contributed by atoms with Gasteiger partial charge in [0, 0.05) is 4.47 Å². The van der Waals surface area contributed by atoms with E-state index in [4.69, 9.17) is 0 Å². The highest BCUT2D eigenvalue weighted by Gasteiger charge is 2.40. The first-order chi connectivity index (χ1) is 7.28. The Hall–Kier alpha value is -0.340. The second-order valence-electron chi connectivity index (χ2n) is 4.88. The van der Waals surface area contributed by atoms with Crippen LogP contribution in [0.1, 0.15) is 24.8 Å². The quantitative estimate of drug-likeness (QED) is 0.754. The molecular weight excluding hydrogens is 250 g/mol. The summed E-state index contributed by atoms with van der Waals surface area (Å²) in [6.45, 7) is 3.89. The molecular formula is C13H16BrN. The molecule has 0 N–H and O–H groups in total. The van der Waals surface area contributed by atoms with E-state index in [1.165, 1.54) is 43.4 Å². The molecule has 0 amide bonds. The fourth-order valence-corrected chi connectivity index (χ4v) is 3.48. The Morgan fingerprint density at radius 2 is 1.73 bits per heavy atom. The SMILES string of the molecule is Brc1cccc(C23CCN(CC2)CC3)c1. The normalized spacial score (nSPS) is 34.3. The van der Waals surface area contributed by atoms with Crippen LogP contribution in [0, 0.1) is 0 Å². The number of rotatable bonds is 1. The molecule has 1 aromatic rings. The van der Waals surface area contributed by atoms with Gasteiger partial charge in [-0.15, -0.1) is 0 Å². The third-order valence-corrected chi connectivity index (χ3v) is 4.65. The highest BCUT2D eigenvalue weighted by atomic mass is 79.9. The molecule has 0 radical (unpaired) electrons. The van der Waals surface area contributed by atoms with Gasteiger partial charge in [0.05, 0.1) is 0 Å². The number of halogens is 1. The lowest BCUT2D eigenvalue weighted by molar-refractivity contribution is 0.0817. The van der Waals surface area contributed by atoms with Crippen LogP contribution in [0.3, 0.4) is 0 Å². The summed E-state index contributed by atoms with van der Waals surface area (Å²) in [4.78, 5) is 2.60. The van der Waals surface area contributed by atoms with E-state index in [2.05, 4.69) is 45.1 Å². The van der Waals surface area contributed by atoms with Gasteiger partial charge in [-0.25, -0.2) is 0 Å². The lowest BCUT2D eigenvalue weighted by Crippen LogP contribution is -2.50. The molecule has 0 aliphatic carbocycles. The van der Waals surface area contributed by atoms with Crippen molar-refractivity contribution < 1.29 is 0 Å². The van der Waals surface area contributed by atoms with Gasteiger partial charge in [-0.3, -0.25) is 0 Å². The van der Waals surface area contributed by atoms with E-state index in [0.717, 1.165) is 0 Å². The predicted octanol–water partition coefficient (Wildman–Crippen LogP) is 3.19. The van der Waals surface area contributed by atoms with Gasteiger partial charge >= 0.3 is 0 Å². The van der Waals surface area contributed by atoms with Crippen LogP contribution >= 0.6 is 15.9 Å². The minimum atomic E-state index is 0.499. The minimum absolute atomic E-state index is 0.499. The number of piperidine rings is 3. The summed E-state index contributed by atoms with van der Waals surface area (Å²) in [6, 6.07) is 8.93. The van der Waals surface area contributed by atoms with Gasteiger partial charge in [0.2, 0.25) is 0 Å². The lowest BCUT2D eigenvalue weighted by atomic mass is 9.67. The van der Waals surface area contributed by atoms with Gasteiger partial charge in [-0.2, -0.15) is 0 Å². The number of hydrogen-bond acceptors (Lipinski definition) is 1. The Labute approximate surface area is 99.6 Å². The standard InChI is InChI=1S/C13H16BrN/c14-12-3-1-2-11(10-12)13-4-7-15(8-5-13)9-6-13/h1-3,10H,4-9H2. The maximum Gasteiger partial charge on any atom is 0.0178 e. The third kappa shape index (κ3) is 1.64. The Morgan fingerprint density at radius 1 is 1.07 bits per heavy atom. The fourth-order valence-electron chi connectivity index (χ4n) is 3.08. The number of fused-ring (bicyclic) bond motifs is 3. The zero-order valence-corrected chi connectivity index (χ0v) is 10.5. The highest BCUT2D eigenvalue weighted by Crippen LogP contribution is 2.43. The summed E-state index contributed by atoms with van der Waals surface area (Å²) in [5.74, 6) is 0. The second-order valence-corrected chi connectivity index (χ2v) is 5.80. The van der Waals surface area contributed by atoms with Crippen molar-refractivity contribution >= 4 is 15.9 Å². The third-order valence-electron chi connectivity index (χ3n) is 4.16. The van der Waals surface area contributed by atoms with E-state index in [0.29, 0.717) is 5.41 Å². The summed E-state index contributed by atoms with van der Waals surface area (Å²) in [5, 5.41) is 0. The first-order valence-electron chi connectivity index (χ1n) is 5.77. The van der Waals surface area contributed by atoms with Crippen molar-refractivity contribution in [3.05, 3.63) is 34.3 Å². The Bertz CT molecular complexity index is 353. The van der Waals surface area contributed by atoms with Gasteiger partial charge < -0.3 is 4.90 Å². The fraction of sp³-hybridized carbons (Fsp3) is 0.538. The number of nitrogens with zero attached hydrogens (tertiary/aromatic N) is 1. The summed E-state index contributed by atoms with van der Waals surface area (Å²) < 4.78 is 1.22. The molecule has 1 aromatic carbocycles. The molecule has 3 fully saturated rings. The van der Waals surface area contributed by atoms with Crippen LogP contribution in [0.4, 0.5) is 0 Å². The van der Waals surface area contributed by atoms with Crippen molar-refractivity contribution in [2.24, 2.45) is 0 Å². The first-order valence-corrected chi connectivity index (χ1v) is 6.56. The Morgan fingerprint density at radius 3 is 2.33 bits per heavy atom. The largest absolute Gasteiger partial charge is 0.303 e. The zero-order chi connectivity index (χ0) is 10.3. The van der Waals surface area contributed by atoms with E-state index >= 15 is 0 Å². The van der Waals surface area contributed by atoms with Crippen molar-refractivity contribution in [2.75, 3.05) is 19.6 Å². The predicted molar refractivity (Wildman–Crippen MR) is 66.1 cm³/mol. The lowest BCUT2D eigenvalue weighted by Gasteiger charge is -2.49. The molecule has 0 atom stereocenters. The molecule has 3 heterocycles. The average Bonchev–Trinajstić information content (AvgIpc) is 2.31. The van der Waals surface area contributed by atoms with E-state index in [9.17, 15) is 0 Å². The molecule has 0 spiro atoms. The van der Waals surface area contributed by atoms with Crippen LogP contribution in [0.2, 0.25) is 0 Å². The van der Waals surface area contributed by atoms with Crippen LogP contribution in [-0.2, 0) is 5.41 Å². The molecule has 3 saturated heterocycles. The van der Waals surface area contributed by atoms with Crippen LogP contribution in [-0.4, -0.2) is 24.5 Å². The molecule has 0 saturated carbocycles. The second kappa shape index (κ2) is 3.60. The smallest absolute Gasteiger partial charge is 0.0178 e. The van der Waals surface area contributed by atoms with E-state index < -0.39 is 0 Å². The van der Waals surface area contributed by atoms with Crippen molar-refractivity contribution in [1.82, 2.24) is 4.90 Å². The Balaban J connectivity index is 1.97. The van der Waals surface area contributed by atoms with E-state index in [1.54, 1.807) is 5.56 Å². The van der Waals surface area contributed by atoms with Crippen LogP contribution in [0.25, 0.3) is 0 Å². The summed E-state index contributed by atoms with van der Waals surface area (Å²) in [7, 11) is 0. The van der Waals surface area contributed by atoms with Crippen molar-refractivity contribution in [2.45, 2.75) is 24.7 Å². The van der Waals surface area contributed by atoms with Gasteiger partial charge in [0.25, 0.3) is 0 Å². The molecule has 80 valence electrons. The molecule has 2 heteroatoms. The zero-order valence-electron chi connectivity index (χ0n) is 8.88. The van der Waals surface area contributed by atoms with Crippen LogP contribution in [0.5, 0.6) is 0 Å². The molecule has 0 aromatic heterocycles. The maximum absolute atomic E-state index is 3.58. The number of benzene rings is 1. The van der Waals surface area contributed by atoms with Crippen LogP contribution < -0.4 is 0 Å².